The number of carbonyl (C=O) groups is 6. The predicted molar refractivity (Wildman–Crippen MR) is 465 cm³/mol. The zero-order valence-corrected chi connectivity index (χ0v) is 81.8. The van der Waals surface area contributed by atoms with Crippen LogP contribution in [0.5, 0.6) is 23.3 Å². The molecule has 10 aliphatic rings. The second kappa shape index (κ2) is 41.9. The number of ether oxygens (including phenoxy) is 7. The van der Waals surface area contributed by atoms with Crippen molar-refractivity contribution in [2.24, 2.45) is 75.4 Å². The van der Waals surface area contributed by atoms with Gasteiger partial charge in [0.2, 0.25) is 29.5 Å². The molecule has 4 saturated carbocycles. The number of aromatic nitrogens is 5. The predicted octanol–water partition coefficient (Wildman–Crippen LogP) is 17.3. The van der Waals surface area contributed by atoms with Crippen molar-refractivity contribution in [3.63, 3.8) is 0 Å². The van der Waals surface area contributed by atoms with E-state index in [0.29, 0.717) is 108 Å². The van der Waals surface area contributed by atoms with Crippen molar-refractivity contribution in [2.45, 2.75) is 303 Å². The summed E-state index contributed by atoms with van der Waals surface area (Å²) in [5, 5.41) is 3.30. The molecule has 4 aliphatic carbocycles. The first-order valence-electron chi connectivity index (χ1n) is 46.1. The molecule has 34 heteroatoms. The number of esters is 2. The van der Waals surface area contributed by atoms with Crippen molar-refractivity contribution >= 4 is 87.6 Å². The molecule has 2 unspecified atom stereocenters. The Hall–Kier alpha value is -8.09. The number of para-hydroxylation sites is 4. The van der Waals surface area contributed by atoms with Crippen LogP contribution < -0.4 is 24.3 Å². The third kappa shape index (κ3) is 22.9. The molecule has 25 nitrogen and oxygen atoms in total. The van der Waals surface area contributed by atoms with E-state index in [-0.39, 0.29) is 167 Å². The number of carbonyl (C=O) groups excluding carboxylic acids is 9. The molecule has 132 heavy (non-hydrogen) atoms. The Balaban J connectivity index is 0.000000189. The van der Waals surface area contributed by atoms with E-state index in [9.17, 15) is 43.2 Å². The summed E-state index contributed by atoms with van der Waals surface area (Å²) in [7, 11) is 1.52. The van der Waals surface area contributed by atoms with E-state index >= 15 is 26.3 Å². The van der Waals surface area contributed by atoms with Crippen LogP contribution >= 0.6 is 0 Å². The topological polar surface area (TPSA) is 304 Å². The molecule has 16 rings (SSSR count). The first-order chi connectivity index (χ1) is 61.0. The molecule has 6 aromatic rings. The quantitative estimate of drug-likeness (QED) is 0.0725. The van der Waals surface area contributed by atoms with Gasteiger partial charge in [-0.3, -0.25) is 24.0 Å². The molecule has 1 N–H and O–H groups in total. The first-order valence-corrected chi connectivity index (χ1v) is 46.1. The van der Waals surface area contributed by atoms with Crippen LogP contribution in [0.25, 0.3) is 33.0 Å². The first kappa shape index (κ1) is 104. The van der Waals surface area contributed by atoms with Crippen molar-refractivity contribution in [3.05, 3.63) is 89.9 Å². The second-order valence-corrected chi connectivity index (χ2v) is 41.0. The zero-order valence-electron chi connectivity index (χ0n) is 77.6. The van der Waals surface area contributed by atoms with Gasteiger partial charge in [-0.15, -0.1) is 0 Å². The average molecular weight is 1950 g/mol. The van der Waals surface area contributed by atoms with Gasteiger partial charge in [-0.2, -0.15) is 26.3 Å². The Morgan fingerprint density at radius 1 is 0.477 bits per heavy atom. The summed E-state index contributed by atoms with van der Waals surface area (Å²) >= 11 is 0. The largest absolute Gasteiger partial charge is 0.540 e. The van der Waals surface area contributed by atoms with Crippen LogP contribution in [0, 0.1) is 75.4 Å². The summed E-state index contributed by atoms with van der Waals surface area (Å²) in [5.41, 5.74) is -2.34. The molecule has 3 radical (unpaired) electrons. The summed E-state index contributed by atoms with van der Waals surface area (Å²) in [6, 6.07) is 16.2. The summed E-state index contributed by atoms with van der Waals surface area (Å²) in [4.78, 5) is 144. The third-order valence-corrected chi connectivity index (χ3v) is 28.8. The Morgan fingerprint density at radius 2 is 0.947 bits per heavy atom. The van der Waals surface area contributed by atoms with Gasteiger partial charge in [0.25, 0.3) is 17.8 Å². The maximum absolute atomic E-state index is 15.9. The molecule has 20 atom stereocenters. The van der Waals surface area contributed by atoms with Gasteiger partial charge in [-0.25, -0.2) is 48.6 Å². The maximum Gasteiger partial charge on any atom is 0.408 e. The summed E-state index contributed by atoms with van der Waals surface area (Å²) in [6.45, 7) is 23.8. The standard InChI is InChI=1S/C33H40F2N3O5.C33H42F2N3O5.C32H40F2N3O6.3V/c1-18-25(17-39)38-16-27(18)43-30-29(36-23-10-5-6-11-24(23)37-30)33(34,35)12-8-7-9-20-21-13-19(21)14-26(20)42-28(40)15-22(31(38)41)32(2,3)4;1-20-25(19-39)38-18-26(20)42-29-28(36-23-13-6-7-14-24(23)37-29)33(34,35)16-9-8-11-21-12-10-15-32(21,5)43-27(40)17-22(30(38)41)31(2,3)4;1-6-21-23(17-38)37-16-26(21)42-25-15-19-13-20(41-5)10-11-22(19)35-27(25)32(33,34)12-8-7-9-18-14-24(18)43-30(40)36-28(29(37)39)31(2,3)4;;;/h5-6,10-11,18-22,25-27H,7-9,12-16H2,1-4H3;6-7,13-14,20-22,25-26H,8-12,15-18H2,1-5H3;10-11,13,15,18,21,23-24,26,28H,6-9,12,14,16H2,1-5H3,(H,36,40);;;/q3*-1;;;/t18-,19?,20+,21?,22+,25+,26+,27-;20-,21+,22+,25+,26-,32+;18-,21+,23-,24-,26+,28-;;;/m001.../s1. The molecular formula is C98H122F6N9O16V3-3. The molecule has 9 heterocycles. The monoisotopic (exact) mass is 1950 g/mol. The molecule has 6 aliphatic heterocycles. The van der Waals surface area contributed by atoms with E-state index in [1.807, 2.05) is 95.0 Å². The van der Waals surface area contributed by atoms with Gasteiger partial charge >= 0.3 is 18.0 Å². The molecular weight excluding hydrogens is 1830 g/mol. The fraction of sp³-hybridized carbons (Fsp3) is 0.653. The SMILES string of the molecule is CC[C@@H]1[C@@H]2CN(C(=O)[C@H](C(C)(C)C)NC(=O)O[C@@H]3C[C@H]3CCCCC(F)(F)c3nc4ccc(OC)cc4cc3O2)[C@@H]1[C-]=O.C[C@@H]1[C@@H]2CN(C(=O)[C@H](C(C)(C)C)CC(=O)O[C@@H]3CC4CC4[C@H]3CCCCC(F)(F)c3nc4ccccc4nc3O2)[C@@H]1[C-]=O.C[C@@H]1[C@@H]2CN(C(=O)[C@H](C(C)(C)C)CC(=O)O[C@]3(C)CCC[C@H]3CCCCC(F)(F)c3nc4ccccc4nc3O2)[C@@H]1[C-]=O.[V].[V].[V]. The van der Waals surface area contributed by atoms with Crippen LogP contribution in [0.4, 0.5) is 31.1 Å². The molecule has 3 saturated heterocycles. The van der Waals surface area contributed by atoms with Crippen molar-refractivity contribution in [2.75, 3.05) is 26.7 Å². The zero-order chi connectivity index (χ0) is 92.9. The van der Waals surface area contributed by atoms with Crippen LogP contribution in [0.2, 0.25) is 0 Å². The number of benzene rings is 3. The number of fused-ring (bicyclic) bond motifs is 17. The Kier molecular flexibility index (Phi) is 33.1. The van der Waals surface area contributed by atoms with Crippen molar-refractivity contribution in [1.29, 1.82) is 0 Å². The molecule has 7 fully saturated rings. The Bertz CT molecular complexity index is 5080. The minimum atomic E-state index is -3.33. The van der Waals surface area contributed by atoms with Crippen molar-refractivity contribution in [1.82, 2.24) is 44.9 Å². The van der Waals surface area contributed by atoms with Crippen LogP contribution in [0.1, 0.15) is 242 Å². The van der Waals surface area contributed by atoms with Gasteiger partial charge in [0.1, 0.15) is 53.7 Å². The minimum absolute atomic E-state index is 0. The smallest absolute Gasteiger partial charge is 0.408 e. The molecule has 6 bridgehead atoms. The number of rotatable bonds is 5. The Morgan fingerprint density at radius 3 is 1.45 bits per heavy atom. The van der Waals surface area contributed by atoms with Gasteiger partial charge < -0.3 is 67.6 Å². The van der Waals surface area contributed by atoms with Crippen LogP contribution in [0.15, 0.2) is 72.8 Å². The van der Waals surface area contributed by atoms with E-state index in [2.05, 4.69) is 30.2 Å². The van der Waals surface area contributed by atoms with E-state index in [1.54, 1.807) is 80.6 Å². The van der Waals surface area contributed by atoms with Crippen LogP contribution in [-0.4, -0.2) is 181 Å². The van der Waals surface area contributed by atoms with E-state index < -0.39 is 172 Å². The number of halogens is 6. The number of methoxy groups -OCH3 is 1. The Labute approximate surface area is 803 Å². The number of pyridine rings is 1. The van der Waals surface area contributed by atoms with E-state index in [0.717, 1.165) is 25.7 Å². The summed E-state index contributed by atoms with van der Waals surface area (Å²) in [6.07, 6.45) is 10.5. The molecule has 0 spiro atoms. The van der Waals surface area contributed by atoms with Gasteiger partial charge in [0.15, 0.2) is 17.1 Å². The average Bonchev–Trinajstić information content (AvgIpc) is 1.57. The number of hydrogen-bond acceptors (Lipinski definition) is 21. The molecule has 4 amide bonds. The molecule has 3 aromatic carbocycles. The van der Waals surface area contributed by atoms with E-state index in [4.69, 9.17) is 33.2 Å². The number of nitrogens with zero attached hydrogens (tertiary/aromatic N) is 8. The van der Waals surface area contributed by atoms with E-state index in [1.165, 1.54) is 27.9 Å². The molecule has 3 aromatic heterocycles. The number of alkyl carbamates (subject to hydrolysis) is 1. The van der Waals surface area contributed by atoms with Crippen molar-refractivity contribution < 1.29 is 158 Å². The minimum Gasteiger partial charge on any atom is -0.540 e. The maximum atomic E-state index is 15.9. The fourth-order valence-corrected chi connectivity index (χ4v) is 20.8. The number of hydrogen-bond donors (Lipinski definition) is 1. The van der Waals surface area contributed by atoms with Gasteiger partial charge in [0.05, 0.1) is 79.0 Å². The van der Waals surface area contributed by atoms with Gasteiger partial charge in [-0.1, -0.05) is 151 Å². The van der Waals surface area contributed by atoms with Crippen molar-refractivity contribution in [3.8, 4) is 23.3 Å². The third-order valence-electron chi connectivity index (χ3n) is 28.8. The number of alkyl halides is 6. The molecule has 715 valence electrons. The summed E-state index contributed by atoms with van der Waals surface area (Å²) < 4.78 is 137. The fourth-order valence-electron chi connectivity index (χ4n) is 20.8. The number of amides is 4. The van der Waals surface area contributed by atoms with Gasteiger partial charge in [0, 0.05) is 80.3 Å². The second-order valence-electron chi connectivity index (χ2n) is 41.0. The van der Waals surface area contributed by atoms with Crippen LogP contribution in [-0.2, 0) is 126 Å². The normalized spacial score (nSPS) is 31.5. The number of nitrogens with one attached hydrogen (secondary N) is 1. The summed E-state index contributed by atoms with van der Waals surface area (Å²) in [5.74, 6) is -14.1. The van der Waals surface area contributed by atoms with Gasteiger partial charge in [-0.05, 0) is 196 Å². The van der Waals surface area contributed by atoms with Crippen LogP contribution in [0.3, 0.4) is 0 Å².